The molecule has 1 aromatic carbocycles. The van der Waals surface area contributed by atoms with E-state index in [1.165, 1.54) is 24.8 Å². The Balaban J connectivity index is 0.000000970. The molecule has 1 aliphatic heterocycles. The average molecular weight is 349 g/mol. The lowest BCUT2D eigenvalue weighted by Crippen LogP contribution is -2.41. The third-order valence-electron chi connectivity index (χ3n) is 4.11. The second-order valence-electron chi connectivity index (χ2n) is 6.57. The maximum absolute atomic E-state index is 12.3. The number of carbonyl (C=O) groups is 2. The molecule has 0 radical (unpaired) electrons. The Labute approximate surface area is 150 Å². The monoisotopic (exact) mass is 349 g/mol. The SMILES string of the molecule is CN(C)Cc1ccc(CNC(=O)N2CCCCCCC2)cc1.O=CO. The van der Waals surface area contributed by atoms with Crippen LogP contribution in [0.4, 0.5) is 4.79 Å². The molecule has 0 bridgehead atoms. The van der Waals surface area contributed by atoms with Crippen LogP contribution in [0.15, 0.2) is 24.3 Å². The summed E-state index contributed by atoms with van der Waals surface area (Å²) in [5.41, 5.74) is 2.45. The van der Waals surface area contributed by atoms with Crippen molar-refractivity contribution in [2.45, 2.75) is 45.2 Å². The van der Waals surface area contributed by atoms with E-state index in [0.29, 0.717) is 6.54 Å². The fraction of sp³-hybridized carbons (Fsp3) is 0.579. The second kappa shape index (κ2) is 12.3. The fourth-order valence-electron chi connectivity index (χ4n) is 2.87. The molecule has 2 rings (SSSR count). The molecule has 2 N–H and O–H groups in total. The molecular weight excluding hydrogens is 318 g/mol. The van der Waals surface area contributed by atoms with Crippen molar-refractivity contribution < 1.29 is 14.7 Å². The Kier molecular flexibility index (Phi) is 10.3. The summed E-state index contributed by atoms with van der Waals surface area (Å²) >= 11 is 0. The molecule has 1 saturated heterocycles. The number of hydrogen-bond donors (Lipinski definition) is 2. The normalized spacial score (nSPS) is 14.8. The van der Waals surface area contributed by atoms with Gasteiger partial charge in [-0.05, 0) is 38.1 Å². The maximum atomic E-state index is 12.3. The van der Waals surface area contributed by atoms with Gasteiger partial charge in [0.15, 0.2) is 0 Å². The van der Waals surface area contributed by atoms with Gasteiger partial charge >= 0.3 is 6.03 Å². The molecule has 2 amide bonds. The number of carboxylic acid groups (broad SMARTS) is 1. The van der Waals surface area contributed by atoms with E-state index in [4.69, 9.17) is 9.90 Å². The number of nitrogens with zero attached hydrogens (tertiary/aromatic N) is 2. The van der Waals surface area contributed by atoms with Crippen LogP contribution in [0, 0.1) is 0 Å². The number of urea groups is 1. The van der Waals surface area contributed by atoms with E-state index in [9.17, 15) is 4.79 Å². The Hall–Kier alpha value is -2.08. The number of likely N-dealkylation sites (tertiary alicyclic amines) is 1. The predicted molar refractivity (Wildman–Crippen MR) is 99.4 cm³/mol. The Morgan fingerprint density at radius 2 is 1.56 bits per heavy atom. The molecule has 0 unspecified atom stereocenters. The molecular formula is C19H31N3O3. The highest BCUT2D eigenvalue weighted by Crippen LogP contribution is 2.11. The lowest BCUT2D eigenvalue weighted by molar-refractivity contribution is -0.122. The van der Waals surface area contributed by atoms with Crippen LogP contribution in [-0.4, -0.2) is 54.6 Å². The van der Waals surface area contributed by atoms with E-state index in [-0.39, 0.29) is 12.5 Å². The van der Waals surface area contributed by atoms with E-state index in [0.717, 1.165) is 38.0 Å². The largest absolute Gasteiger partial charge is 0.483 e. The lowest BCUT2D eigenvalue weighted by atomic mass is 10.1. The van der Waals surface area contributed by atoms with Crippen molar-refractivity contribution in [3.63, 3.8) is 0 Å². The van der Waals surface area contributed by atoms with Crippen LogP contribution in [-0.2, 0) is 17.9 Å². The highest BCUT2D eigenvalue weighted by Gasteiger charge is 2.14. The third kappa shape index (κ3) is 9.10. The van der Waals surface area contributed by atoms with E-state index in [2.05, 4.69) is 48.6 Å². The summed E-state index contributed by atoms with van der Waals surface area (Å²) in [6.45, 7) is 3.10. The molecule has 1 aliphatic rings. The van der Waals surface area contributed by atoms with Gasteiger partial charge in [0.25, 0.3) is 6.47 Å². The summed E-state index contributed by atoms with van der Waals surface area (Å²) in [5, 5.41) is 9.94. The van der Waals surface area contributed by atoms with Crippen LogP contribution < -0.4 is 5.32 Å². The van der Waals surface area contributed by atoms with Gasteiger partial charge in [0.1, 0.15) is 0 Å². The number of amides is 2. The number of benzene rings is 1. The summed E-state index contributed by atoms with van der Waals surface area (Å²) in [6, 6.07) is 8.56. The molecule has 6 nitrogen and oxygen atoms in total. The Bertz CT molecular complexity index is 495. The van der Waals surface area contributed by atoms with Crippen LogP contribution in [0.3, 0.4) is 0 Å². The number of nitrogens with one attached hydrogen (secondary N) is 1. The van der Waals surface area contributed by atoms with Gasteiger partial charge in [-0.25, -0.2) is 4.79 Å². The average Bonchev–Trinajstić information content (AvgIpc) is 2.54. The van der Waals surface area contributed by atoms with Gasteiger partial charge in [-0.2, -0.15) is 0 Å². The summed E-state index contributed by atoms with van der Waals surface area (Å²) in [7, 11) is 4.13. The van der Waals surface area contributed by atoms with Crippen molar-refractivity contribution in [1.29, 1.82) is 0 Å². The zero-order chi connectivity index (χ0) is 18.5. The molecule has 1 heterocycles. The van der Waals surface area contributed by atoms with Gasteiger partial charge in [-0.1, -0.05) is 43.5 Å². The summed E-state index contributed by atoms with van der Waals surface area (Å²) in [4.78, 5) is 24.7. The van der Waals surface area contributed by atoms with Crippen LogP contribution in [0.25, 0.3) is 0 Å². The van der Waals surface area contributed by atoms with Crippen molar-refractivity contribution in [1.82, 2.24) is 15.1 Å². The Morgan fingerprint density at radius 1 is 1.08 bits per heavy atom. The molecule has 0 saturated carbocycles. The zero-order valence-corrected chi connectivity index (χ0v) is 15.4. The standard InChI is InChI=1S/C18H29N3O.CH2O2/c1-20(2)15-17-10-8-16(9-11-17)14-19-18(22)21-12-6-4-3-5-7-13-21;2-1-3/h8-11H,3-7,12-15H2,1-2H3,(H,19,22);1H,(H,2,3). The summed E-state index contributed by atoms with van der Waals surface area (Å²) in [6.07, 6.45) is 6.07. The van der Waals surface area contributed by atoms with Crippen LogP contribution >= 0.6 is 0 Å². The molecule has 0 spiro atoms. The Morgan fingerprint density at radius 3 is 2.08 bits per heavy atom. The first-order valence-electron chi connectivity index (χ1n) is 8.90. The fourth-order valence-corrected chi connectivity index (χ4v) is 2.87. The molecule has 1 aromatic rings. The maximum Gasteiger partial charge on any atom is 0.317 e. The molecule has 140 valence electrons. The number of carbonyl (C=O) groups excluding carboxylic acids is 1. The van der Waals surface area contributed by atoms with Crippen LogP contribution in [0.2, 0.25) is 0 Å². The third-order valence-corrected chi connectivity index (χ3v) is 4.11. The van der Waals surface area contributed by atoms with Crippen molar-refractivity contribution in [2.75, 3.05) is 27.2 Å². The van der Waals surface area contributed by atoms with Crippen molar-refractivity contribution >= 4 is 12.5 Å². The second-order valence-corrected chi connectivity index (χ2v) is 6.57. The topological polar surface area (TPSA) is 72.9 Å². The molecule has 0 aromatic heterocycles. The van der Waals surface area contributed by atoms with E-state index < -0.39 is 0 Å². The summed E-state index contributed by atoms with van der Waals surface area (Å²) < 4.78 is 0. The van der Waals surface area contributed by atoms with Crippen LogP contribution in [0.5, 0.6) is 0 Å². The minimum Gasteiger partial charge on any atom is -0.483 e. The highest BCUT2D eigenvalue weighted by atomic mass is 16.3. The van der Waals surface area contributed by atoms with E-state index in [1.807, 2.05) is 4.90 Å². The first-order chi connectivity index (χ1) is 12.1. The minimum absolute atomic E-state index is 0.0827. The molecule has 6 heteroatoms. The molecule has 1 fully saturated rings. The van der Waals surface area contributed by atoms with Crippen molar-refractivity contribution in [2.24, 2.45) is 0 Å². The first-order valence-corrected chi connectivity index (χ1v) is 8.90. The van der Waals surface area contributed by atoms with Crippen molar-refractivity contribution in [3.8, 4) is 0 Å². The highest BCUT2D eigenvalue weighted by molar-refractivity contribution is 5.74. The first kappa shape index (κ1) is 21.0. The smallest absolute Gasteiger partial charge is 0.317 e. The molecule has 0 atom stereocenters. The van der Waals surface area contributed by atoms with E-state index >= 15 is 0 Å². The minimum atomic E-state index is -0.250. The molecule has 0 aliphatic carbocycles. The molecule has 25 heavy (non-hydrogen) atoms. The van der Waals surface area contributed by atoms with Gasteiger partial charge in [-0.3, -0.25) is 4.79 Å². The van der Waals surface area contributed by atoms with Crippen LogP contribution in [0.1, 0.15) is 43.2 Å². The number of rotatable bonds is 4. The van der Waals surface area contributed by atoms with Gasteiger partial charge in [0.2, 0.25) is 0 Å². The van der Waals surface area contributed by atoms with Gasteiger partial charge in [-0.15, -0.1) is 0 Å². The quantitative estimate of drug-likeness (QED) is 0.820. The van der Waals surface area contributed by atoms with Gasteiger partial charge < -0.3 is 20.2 Å². The van der Waals surface area contributed by atoms with E-state index in [1.54, 1.807) is 0 Å². The lowest BCUT2D eigenvalue weighted by Gasteiger charge is -2.25. The van der Waals surface area contributed by atoms with Gasteiger partial charge in [0, 0.05) is 26.2 Å². The zero-order valence-electron chi connectivity index (χ0n) is 15.4. The van der Waals surface area contributed by atoms with Gasteiger partial charge in [0.05, 0.1) is 0 Å². The van der Waals surface area contributed by atoms with Crippen molar-refractivity contribution in [3.05, 3.63) is 35.4 Å². The summed E-state index contributed by atoms with van der Waals surface area (Å²) in [5.74, 6) is 0. The number of hydrogen-bond acceptors (Lipinski definition) is 3. The predicted octanol–water partition coefficient (Wildman–Crippen LogP) is 2.92.